The Labute approximate surface area is 801 Å². The van der Waals surface area contributed by atoms with Crippen molar-refractivity contribution in [1.29, 1.82) is 26.3 Å². The molecule has 742 valence electrons. The van der Waals surface area contributed by atoms with Crippen molar-refractivity contribution >= 4 is 35.8 Å². The summed E-state index contributed by atoms with van der Waals surface area (Å²) in [7, 11) is 0. The van der Waals surface area contributed by atoms with Crippen LogP contribution in [-0.2, 0) is 73.3 Å². The number of hydrogen-bond acceptors (Lipinski definition) is 20. The van der Waals surface area contributed by atoms with E-state index in [-0.39, 0.29) is 100 Å². The first-order valence-electron chi connectivity index (χ1n) is 49.6. The van der Waals surface area contributed by atoms with Crippen molar-refractivity contribution in [3.63, 3.8) is 0 Å². The molecule has 0 radical (unpaired) electrons. The lowest BCUT2D eigenvalue weighted by Gasteiger charge is -2.27. The minimum absolute atomic E-state index is 0.00119. The number of nitriles is 5. The van der Waals surface area contributed by atoms with Gasteiger partial charge in [0.15, 0.2) is 0 Å². The minimum atomic E-state index is -0.330. The van der Waals surface area contributed by atoms with Gasteiger partial charge in [0.2, 0.25) is 5.91 Å². The second kappa shape index (κ2) is 77.2. The molecule has 3 aliphatic carbocycles. The van der Waals surface area contributed by atoms with E-state index in [9.17, 15) is 28.8 Å². The number of unbranched alkanes of at least 4 members (excludes halogenated alkanes) is 1. The molecule has 1 N–H and O–H groups in total. The lowest BCUT2D eigenvalue weighted by Crippen LogP contribution is -2.31. The molecule has 4 aromatic rings. The number of benzene rings is 4. The molecule has 21 nitrogen and oxygen atoms in total. The van der Waals surface area contributed by atoms with E-state index in [4.69, 9.17) is 68.9 Å². The van der Waals surface area contributed by atoms with Crippen molar-refractivity contribution in [2.45, 2.75) is 390 Å². The highest BCUT2D eigenvalue weighted by molar-refractivity contribution is 5.78. The first-order valence-corrected chi connectivity index (χ1v) is 49.6. The van der Waals surface area contributed by atoms with Crippen LogP contribution in [0.3, 0.4) is 0 Å². The van der Waals surface area contributed by atoms with Gasteiger partial charge in [0.25, 0.3) is 0 Å². The van der Waals surface area contributed by atoms with Crippen molar-refractivity contribution in [2.75, 3.05) is 46.2 Å². The number of carbonyl (C=O) groups excluding carboxylic acids is 6. The van der Waals surface area contributed by atoms with Gasteiger partial charge in [-0.2, -0.15) is 26.3 Å². The van der Waals surface area contributed by atoms with E-state index in [0.29, 0.717) is 107 Å². The third-order valence-corrected chi connectivity index (χ3v) is 24.6. The van der Waals surface area contributed by atoms with Crippen molar-refractivity contribution in [2.24, 2.45) is 57.7 Å². The quantitative estimate of drug-likeness (QED) is 0.0245. The van der Waals surface area contributed by atoms with E-state index in [0.717, 1.165) is 113 Å². The summed E-state index contributed by atoms with van der Waals surface area (Å²) in [5, 5.41) is 45.2. The SMILES string of the molecule is CCC(C)(C)C(=O)OC(C)C.CCC(C)(C)C(=O)OC1CCCCC1.CCC(C)C(=O)NCCC#N.CCC(C)C(=O)OC1CC2CC1CC2C#N.CCC(C)C(=O)OCc1ccccc1.CCC(C)OCCOCCC#N.CCC(C)OCCOc1ccc(C#N)cc1.CCC(C)c1ccc(C#N)cc1.CCC(C)c1ccccc1.CCCCC(CC)COC(=O)C(C)(C)CC. The average molecular weight is 1840 g/mol. The Kier molecular flexibility index (Phi) is 74.2. The summed E-state index contributed by atoms with van der Waals surface area (Å²) in [6.45, 7) is 58.8. The van der Waals surface area contributed by atoms with E-state index in [1.807, 2.05) is 198 Å². The van der Waals surface area contributed by atoms with Crippen LogP contribution in [0.2, 0.25) is 0 Å². The summed E-state index contributed by atoms with van der Waals surface area (Å²) < 4.78 is 48.1. The molecule has 12 unspecified atom stereocenters. The third kappa shape index (κ3) is 60.2. The van der Waals surface area contributed by atoms with Crippen molar-refractivity contribution in [3.05, 3.63) is 137 Å². The zero-order valence-corrected chi connectivity index (χ0v) is 87.0. The van der Waals surface area contributed by atoms with Crippen LogP contribution >= 0.6 is 0 Å². The maximum Gasteiger partial charge on any atom is 0.311 e. The van der Waals surface area contributed by atoms with Gasteiger partial charge in [0, 0.05) is 18.4 Å². The smallest absolute Gasteiger partial charge is 0.311 e. The Morgan fingerprint density at radius 3 is 1.39 bits per heavy atom. The van der Waals surface area contributed by atoms with Crippen LogP contribution in [0.4, 0.5) is 0 Å². The van der Waals surface area contributed by atoms with Crippen molar-refractivity contribution in [1.82, 2.24) is 5.32 Å². The van der Waals surface area contributed by atoms with Gasteiger partial charge in [0.05, 0.1) is 134 Å². The summed E-state index contributed by atoms with van der Waals surface area (Å²) in [5.41, 5.74) is 4.21. The average Bonchev–Trinajstić information content (AvgIpc) is 1.64. The number of esters is 5. The normalized spacial score (nSPS) is 16.2. The summed E-state index contributed by atoms with van der Waals surface area (Å²) in [5.74, 6) is 3.51. The van der Waals surface area contributed by atoms with E-state index in [1.165, 1.54) is 56.1 Å². The van der Waals surface area contributed by atoms with E-state index in [1.54, 1.807) is 24.3 Å². The van der Waals surface area contributed by atoms with Crippen LogP contribution in [0.1, 0.15) is 381 Å². The number of nitrogens with zero attached hydrogens (tertiary/aromatic N) is 5. The molecule has 3 aliphatic rings. The van der Waals surface area contributed by atoms with Crippen molar-refractivity contribution < 1.29 is 71.4 Å². The van der Waals surface area contributed by atoms with E-state index < -0.39 is 0 Å². The molecule has 3 saturated carbocycles. The largest absolute Gasteiger partial charge is 0.491 e. The number of hydrogen-bond donors (Lipinski definition) is 1. The molecule has 21 heteroatoms. The molecule has 0 heterocycles. The highest BCUT2D eigenvalue weighted by Crippen LogP contribution is 2.49. The number of ether oxygens (including phenoxy) is 9. The Bertz CT molecular complexity index is 3850. The molecule has 0 saturated heterocycles. The Morgan fingerprint density at radius 2 is 0.947 bits per heavy atom. The van der Waals surface area contributed by atoms with Crippen LogP contribution in [0.15, 0.2) is 109 Å². The Hall–Kier alpha value is -9.17. The first kappa shape index (κ1) is 127. The predicted molar refractivity (Wildman–Crippen MR) is 532 cm³/mol. The maximum atomic E-state index is 11.8. The molecule has 4 aromatic carbocycles. The zero-order valence-electron chi connectivity index (χ0n) is 87.0. The second-order valence-corrected chi connectivity index (χ2v) is 37.0. The lowest BCUT2D eigenvalue weighted by atomic mass is 9.88. The summed E-state index contributed by atoms with van der Waals surface area (Å²) in [6.07, 6.45) is 24.6. The predicted octanol–water partition coefficient (Wildman–Crippen LogP) is 27.0. The van der Waals surface area contributed by atoms with Gasteiger partial charge in [0.1, 0.15) is 31.2 Å². The fourth-order valence-corrected chi connectivity index (χ4v) is 12.1. The molecular formula is C111H178N6O15. The molecule has 132 heavy (non-hydrogen) atoms. The summed E-state index contributed by atoms with van der Waals surface area (Å²) in [4.78, 5) is 68.8. The third-order valence-electron chi connectivity index (χ3n) is 24.6. The van der Waals surface area contributed by atoms with E-state index >= 15 is 0 Å². The standard InChI is InChI=1S/C14H28O2.C13H19NO2.C13H17NO2.C12H22O2.C12H16O2.C11H13N.C10H14.C9H17NO2.C9H18O2.C8H14N2O/c1-6-9-10-12(7-2)11-16-13(15)14(4,5)8-3;1-3-8(2)13(15)16-12-6-9-4-10(12)5-11(9)7-14;1-3-11(2)15-8-9-16-13-6-4-12(10-14)5-7-13;1-4-12(2,3)11(13)14-10-8-6-5-7-9-10;1-3-10(2)12(13)14-9-11-7-5-4-6-8-11;1-3-9(2)11-6-4-10(8-12)5-7-11;1-3-9(2)10-7-5-4-6-8-10;1-3-9(2)12-8-7-11-6-4-5-10;1-6-9(4,5)8(10)11-7(2)3;1-3-7(2)8(11)10-6-4-5-9/h12H,6-11H2,1-5H3;8-12H,3-6H2,1-2H3;4-7,11H,3,8-9H2,1-2H3;10H,4-9H2,1-3H3;4-8,10H,3,9H2,1-2H3;4-7,9H,3H2,1-2H3;4-9H,3H2,1-2H3;9H,3-4,6-8H2,1-2H3;7H,6H2,1-5H3;7H,3-4,6H2,1-2H3,(H,10,11). The minimum Gasteiger partial charge on any atom is -0.491 e. The highest BCUT2D eigenvalue weighted by Gasteiger charge is 2.48. The number of rotatable bonds is 42. The van der Waals surface area contributed by atoms with Crippen LogP contribution in [0.25, 0.3) is 0 Å². The number of carbonyl (C=O) groups is 6. The Morgan fingerprint density at radius 1 is 0.462 bits per heavy atom. The highest BCUT2D eigenvalue weighted by atomic mass is 16.6. The Balaban J connectivity index is -0.00000141. The molecule has 0 aliphatic heterocycles. The molecule has 2 bridgehead atoms. The first-order chi connectivity index (χ1) is 62.7. The lowest BCUT2D eigenvalue weighted by molar-refractivity contribution is -0.161. The molecular weight excluding hydrogens is 1660 g/mol. The van der Waals surface area contributed by atoms with Crippen LogP contribution in [0, 0.1) is 114 Å². The molecule has 1 amide bonds. The van der Waals surface area contributed by atoms with Crippen LogP contribution in [-0.4, -0.2) is 112 Å². The van der Waals surface area contributed by atoms with Gasteiger partial charge in [-0.1, -0.05) is 216 Å². The van der Waals surface area contributed by atoms with Gasteiger partial charge in [-0.3, -0.25) is 28.8 Å². The maximum absolute atomic E-state index is 11.8. The van der Waals surface area contributed by atoms with Crippen LogP contribution < -0.4 is 10.1 Å². The fourth-order valence-electron chi connectivity index (χ4n) is 12.1. The molecule has 0 aromatic heterocycles. The number of fused-ring (bicyclic) bond motifs is 2. The fraction of sp³-hybridized carbons (Fsp3) is 0.685. The second-order valence-electron chi connectivity index (χ2n) is 37.0. The van der Waals surface area contributed by atoms with Gasteiger partial charge in [-0.25, -0.2) is 0 Å². The van der Waals surface area contributed by atoms with Crippen molar-refractivity contribution in [3.8, 4) is 36.1 Å². The van der Waals surface area contributed by atoms with E-state index in [2.05, 4.69) is 109 Å². The number of nitrogens with one attached hydrogen (secondary N) is 1. The molecule has 0 spiro atoms. The zero-order chi connectivity index (χ0) is 100. The molecule has 3 fully saturated rings. The monoisotopic (exact) mass is 1840 g/mol. The molecule has 7 rings (SSSR count). The number of amides is 1. The van der Waals surface area contributed by atoms with Gasteiger partial charge in [-0.05, 0) is 267 Å². The summed E-state index contributed by atoms with van der Waals surface area (Å²) in [6, 6.07) is 45.8. The molecule has 12 atom stereocenters. The van der Waals surface area contributed by atoms with Gasteiger partial charge >= 0.3 is 29.8 Å². The topological polar surface area (TPSA) is 316 Å². The van der Waals surface area contributed by atoms with Gasteiger partial charge < -0.3 is 47.9 Å². The summed E-state index contributed by atoms with van der Waals surface area (Å²) >= 11 is 0. The van der Waals surface area contributed by atoms with Gasteiger partial charge in [-0.15, -0.1) is 0 Å². The van der Waals surface area contributed by atoms with Crippen LogP contribution in [0.5, 0.6) is 5.75 Å².